The monoisotopic (exact) mass is 375 g/mol. The number of aromatic nitrogens is 4. The second kappa shape index (κ2) is 7.64. The quantitative estimate of drug-likeness (QED) is 0.504. The first-order chi connectivity index (χ1) is 13.6. The van der Waals surface area contributed by atoms with E-state index in [1.807, 2.05) is 63.8 Å². The molecule has 0 aliphatic heterocycles. The fourth-order valence-corrected chi connectivity index (χ4v) is 3.40. The van der Waals surface area contributed by atoms with E-state index in [0.717, 1.165) is 22.4 Å². The molecule has 3 heterocycles. The van der Waals surface area contributed by atoms with Crippen LogP contribution in [0.25, 0.3) is 16.6 Å². The van der Waals surface area contributed by atoms with Crippen molar-refractivity contribution in [2.24, 2.45) is 0 Å². The minimum Gasteiger partial charge on any atom is -0.356 e. The van der Waals surface area contributed by atoms with Gasteiger partial charge >= 0.3 is 0 Å². The molecule has 0 spiro atoms. The average Bonchev–Trinajstić information content (AvgIpc) is 3.28. The highest BCUT2D eigenvalue weighted by molar-refractivity contribution is 6.06. The fourth-order valence-electron chi connectivity index (χ4n) is 3.40. The minimum absolute atomic E-state index is 0.0277. The molecular weight excluding hydrogens is 354 g/mol. The summed E-state index contributed by atoms with van der Waals surface area (Å²) in [6.45, 7) is 2.58. The number of ketones is 1. The highest BCUT2D eigenvalue weighted by atomic mass is 16.1. The fraction of sp³-hybridized carbons (Fsp3) is 0.238. The van der Waals surface area contributed by atoms with Crippen molar-refractivity contribution in [3.05, 3.63) is 66.2 Å². The predicted octanol–water partition coefficient (Wildman–Crippen LogP) is 2.64. The lowest BCUT2D eigenvalue weighted by molar-refractivity contribution is -0.121. The van der Waals surface area contributed by atoms with Gasteiger partial charge in [-0.3, -0.25) is 14.0 Å². The zero-order valence-corrected chi connectivity index (χ0v) is 15.6. The zero-order chi connectivity index (χ0) is 19.5. The van der Waals surface area contributed by atoms with Crippen LogP contribution in [0.4, 0.5) is 0 Å². The third-order valence-electron chi connectivity index (χ3n) is 4.80. The first-order valence-corrected chi connectivity index (χ1v) is 9.27. The summed E-state index contributed by atoms with van der Waals surface area (Å²) in [7, 11) is 0. The van der Waals surface area contributed by atoms with Gasteiger partial charge in [0.15, 0.2) is 11.4 Å². The van der Waals surface area contributed by atoms with Gasteiger partial charge in [0, 0.05) is 54.8 Å². The smallest absolute Gasteiger partial charge is 0.221 e. The number of hydrogen-bond donors (Lipinski definition) is 1. The van der Waals surface area contributed by atoms with Crippen molar-refractivity contribution in [1.82, 2.24) is 24.5 Å². The van der Waals surface area contributed by atoms with E-state index in [4.69, 9.17) is 0 Å². The third-order valence-corrected chi connectivity index (χ3v) is 4.80. The molecule has 0 aliphatic carbocycles. The summed E-state index contributed by atoms with van der Waals surface area (Å²) in [5, 5.41) is 12.1. The van der Waals surface area contributed by atoms with Gasteiger partial charge in [0.05, 0.1) is 0 Å². The largest absolute Gasteiger partial charge is 0.356 e. The van der Waals surface area contributed by atoms with Crippen LogP contribution in [0.2, 0.25) is 0 Å². The van der Waals surface area contributed by atoms with E-state index in [1.54, 1.807) is 6.92 Å². The Labute approximate surface area is 162 Å². The molecule has 4 aromatic rings. The SMILES string of the molecule is CC(=O)c1cn(CCC(=O)NCCc2nnc3ccccn23)c2ccccc12. The maximum Gasteiger partial charge on any atom is 0.221 e. The van der Waals surface area contributed by atoms with Crippen molar-refractivity contribution >= 4 is 28.2 Å². The molecule has 28 heavy (non-hydrogen) atoms. The Balaban J connectivity index is 1.35. The summed E-state index contributed by atoms with van der Waals surface area (Å²) in [5.74, 6) is 0.814. The Hall–Kier alpha value is -3.48. The van der Waals surface area contributed by atoms with Crippen LogP contribution in [0, 0.1) is 0 Å². The molecule has 3 aromatic heterocycles. The second-order valence-corrected chi connectivity index (χ2v) is 6.70. The van der Waals surface area contributed by atoms with Crippen LogP contribution in [-0.2, 0) is 17.8 Å². The maximum atomic E-state index is 12.3. The molecule has 7 heteroatoms. The second-order valence-electron chi connectivity index (χ2n) is 6.70. The number of amides is 1. The number of para-hydroxylation sites is 1. The van der Waals surface area contributed by atoms with Gasteiger partial charge in [-0.15, -0.1) is 10.2 Å². The van der Waals surface area contributed by atoms with Crippen molar-refractivity contribution < 1.29 is 9.59 Å². The molecule has 142 valence electrons. The van der Waals surface area contributed by atoms with E-state index in [9.17, 15) is 9.59 Å². The van der Waals surface area contributed by atoms with Gasteiger partial charge in [-0.25, -0.2) is 0 Å². The maximum absolute atomic E-state index is 12.3. The molecule has 0 saturated carbocycles. The van der Waals surface area contributed by atoms with Crippen LogP contribution < -0.4 is 5.32 Å². The number of pyridine rings is 1. The number of hydrogen-bond acceptors (Lipinski definition) is 4. The number of aryl methyl sites for hydroxylation is 1. The summed E-state index contributed by atoms with van der Waals surface area (Å²) in [6.07, 6.45) is 4.70. The van der Waals surface area contributed by atoms with Gasteiger partial charge in [-0.1, -0.05) is 24.3 Å². The van der Waals surface area contributed by atoms with Crippen LogP contribution in [0.5, 0.6) is 0 Å². The first kappa shape index (κ1) is 17.9. The number of nitrogens with one attached hydrogen (secondary N) is 1. The summed E-state index contributed by atoms with van der Waals surface area (Å²) < 4.78 is 3.89. The van der Waals surface area contributed by atoms with Crippen LogP contribution >= 0.6 is 0 Å². The Kier molecular flexibility index (Phi) is 4.89. The number of fused-ring (bicyclic) bond motifs is 2. The molecule has 4 rings (SSSR count). The van der Waals surface area contributed by atoms with E-state index in [2.05, 4.69) is 15.5 Å². The molecule has 1 N–H and O–H groups in total. The van der Waals surface area contributed by atoms with Crippen molar-refractivity contribution in [3.8, 4) is 0 Å². The Morgan fingerprint density at radius 3 is 2.75 bits per heavy atom. The molecule has 7 nitrogen and oxygen atoms in total. The molecule has 0 atom stereocenters. The zero-order valence-electron chi connectivity index (χ0n) is 15.6. The van der Waals surface area contributed by atoms with Gasteiger partial charge in [0.25, 0.3) is 0 Å². The highest BCUT2D eigenvalue weighted by Crippen LogP contribution is 2.22. The lowest BCUT2D eigenvalue weighted by Crippen LogP contribution is -2.27. The normalized spacial score (nSPS) is 11.2. The molecule has 0 fully saturated rings. The van der Waals surface area contributed by atoms with Gasteiger partial charge in [-0.05, 0) is 25.1 Å². The van der Waals surface area contributed by atoms with Gasteiger partial charge in [0.2, 0.25) is 5.91 Å². The van der Waals surface area contributed by atoms with Crippen LogP contribution in [0.3, 0.4) is 0 Å². The summed E-state index contributed by atoms with van der Waals surface area (Å²) in [4.78, 5) is 24.1. The lowest BCUT2D eigenvalue weighted by atomic mass is 10.1. The first-order valence-electron chi connectivity index (χ1n) is 9.27. The third kappa shape index (κ3) is 3.51. The minimum atomic E-state index is -0.0315. The number of nitrogens with zero attached hydrogens (tertiary/aromatic N) is 4. The molecule has 1 amide bonds. The van der Waals surface area contributed by atoms with E-state index < -0.39 is 0 Å². The number of Topliss-reactive ketones (excluding diaryl/α,β-unsaturated/α-hetero) is 1. The van der Waals surface area contributed by atoms with Crippen LogP contribution in [0.1, 0.15) is 29.5 Å². The lowest BCUT2D eigenvalue weighted by Gasteiger charge is -2.07. The van der Waals surface area contributed by atoms with Crippen LogP contribution in [0.15, 0.2) is 54.9 Å². The molecule has 0 aliphatic rings. The predicted molar refractivity (Wildman–Crippen MR) is 106 cm³/mol. The van der Waals surface area contributed by atoms with E-state index in [1.165, 1.54) is 0 Å². The molecule has 1 aromatic carbocycles. The van der Waals surface area contributed by atoms with E-state index >= 15 is 0 Å². The summed E-state index contributed by atoms with van der Waals surface area (Å²) >= 11 is 0. The number of carbonyl (C=O) groups is 2. The van der Waals surface area contributed by atoms with Crippen molar-refractivity contribution in [1.29, 1.82) is 0 Å². The van der Waals surface area contributed by atoms with Gasteiger partial charge in [-0.2, -0.15) is 0 Å². The van der Waals surface area contributed by atoms with Gasteiger partial charge < -0.3 is 9.88 Å². The molecule has 0 unspecified atom stereocenters. The average molecular weight is 375 g/mol. The Morgan fingerprint density at radius 1 is 1.07 bits per heavy atom. The van der Waals surface area contributed by atoms with Crippen molar-refractivity contribution in [2.45, 2.75) is 26.3 Å². The molecule has 0 radical (unpaired) electrons. The van der Waals surface area contributed by atoms with Crippen LogP contribution in [-0.4, -0.2) is 37.4 Å². The molecule has 0 saturated heterocycles. The highest BCUT2D eigenvalue weighted by Gasteiger charge is 2.12. The number of benzene rings is 1. The Morgan fingerprint density at radius 2 is 1.89 bits per heavy atom. The summed E-state index contributed by atoms with van der Waals surface area (Å²) in [6, 6.07) is 13.5. The van der Waals surface area contributed by atoms with Gasteiger partial charge in [0.1, 0.15) is 5.82 Å². The standard InChI is InChI=1S/C21H21N5O2/c1-15(27)17-14-25(18-7-3-2-6-16(17)18)13-10-21(28)22-11-9-20-24-23-19-8-4-5-12-26(19)20/h2-8,12,14H,9-11,13H2,1H3,(H,22,28). The number of rotatable bonds is 7. The topological polar surface area (TPSA) is 81.3 Å². The Bertz CT molecular complexity index is 1160. The summed E-state index contributed by atoms with van der Waals surface area (Å²) in [5.41, 5.74) is 2.45. The molecular formula is C21H21N5O2. The van der Waals surface area contributed by atoms with E-state index in [-0.39, 0.29) is 11.7 Å². The van der Waals surface area contributed by atoms with Crippen molar-refractivity contribution in [3.63, 3.8) is 0 Å². The number of carbonyl (C=O) groups excluding carboxylic acids is 2. The van der Waals surface area contributed by atoms with Crippen molar-refractivity contribution in [2.75, 3.05) is 6.54 Å². The van der Waals surface area contributed by atoms with E-state index in [0.29, 0.717) is 31.5 Å². The molecule has 0 bridgehead atoms.